The first-order chi connectivity index (χ1) is 13.2. The topological polar surface area (TPSA) is 50.4 Å². The number of aryl methyl sites for hydroxylation is 1. The van der Waals surface area contributed by atoms with Crippen LogP contribution in [0.25, 0.3) is 16.9 Å². The Morgan fingerprint density at radius 1 is 0.889 bits per heavy atom. The summed E-state index contributed by atoms with van der Waals surface area (Å²) in [4.78, 5) is 4.59. The summed E-state index contributed by atoms with van der Waals surface area (Å²) in [6.07, 6.45) is 1.66. The minimum absolute atomic E-state index is 0.200. The van der Waals surface area contributed by atoms with Gasteiger partial charge in [0.15, 0.2) is 5.82 Å². The number of aromatic nitrogens is 2. The normalized spacial score (nSPS) is 11.1. The molecule has 0 radical (unpaired) electrons. The zero-order valence-corrected chi connectivity index (χ0v) is 14.9. The van der Waals surface area contributed by atoms with Crippen LogP contribution >= 0.6 is 0 Å². The van der Waals surface area contributed by atoms with Crippen LogP contribution in [0, 0.1) is 6.92 Å². The average molecular weight is 353 g/mol. The second kappa shape index (κ2) is 7.30. The molecule has 0 fully saturated rings. The summed E-state index contributed by atoms with van der Waals surface area (Å²) in [6.45, 7) is 2.06. The molecular weight excluding hydrogens is 334 g/mol. The van der Waals surface area contributed by atoms with Crippen LogP contribution in [0.2, 0.25) is 0 Å². The van der Waals surface area contributed by atoms with E-state index in [-0.39, 0.29) is 5.75 Å². The van der Waals surface area contributed by atoms with Crippen molar-refractivity contribution in [3.8, 4) is 22.7 Å². The van der Waals surface area contributed by atoms with E-state index in [2.05, 4.69) is 36.2 Å². The monoisotopic (exact) mass is 353 g/mol. The second-order valence-corrected chi connectivity index (χ2v) is 6.32. The molecule has 0 aliphatic heterocycles. The molecule has 0 saturated heterocycles. The molecular formula is C23H19N3O. The molecule has 0 aliphatic carbocycles. The quantitative estimate of drug-likeness (QED) is 0.506. The third-order valence-corrected chi connectivity index (χ3v) is 4.31. The molecule has 1 aromatic heterocycles. The summed E-state index contributed by atoms with van der Waals surface area (Å²) in [5.74, 6) is 0.894. The summed E-state index contributed by atoms with van der Waals surface area (Å²) in [5.41, 5.74) is 4.69. The van der Waals surface area contributed by atoms with Crippen LogP contribution in [0.5, 0.6) is 5.75 Å². The van der Waals surface area contributed by atoms with Crippen molar-refractivity contribution in [1.29, 1.82) is 0 Å². The van der Waals surface area contributed by atoms with Gasteiger partial charge in [0.2, 0.25) is 0 Å². The maximum absolute atomic E-state index is 9.97. The number of phenols is 1. The van der Waals surface area contributed by atoms with Crippen LogP contribution in [-0.4, -0.2) is 21.1 Å². The van der Waals surface area contributed by atoms with Crippen LogP contribution in [0.3, 0.4) is 0 Å². The Morgan fingerprint density at radius 2 is 1.59 bits per heavy atom. The van der Waals surface area contributed by atoms with E-state index < -0.39 is 0 Å². The molecule has 132 valence electrons. The van der Waals surface area contributed by atoms with E-state index in [0.717, 1.165) is 16.9 Å². The van der Waals surface area contributed by atoms with Crippen LogP contribution < -0.4 is 0 Å². The van der Waals surface area contributed by atoms with Gasteiger partial charge >= 0.3 is 0 Å². The third kappa shape index (κ3) is 3.65. The Morgan fingerprint density at radius 3 is 2.33 bits per heavy atom. The highest BCUT2D eigenvalue weighted by atomic mass is 16.3. The van der Waals surface area contributed by atoms with Gasteiger partial charge in [-0.25, -0.2) is 9.67 Å². The summed E-state index contributed by atoms with van der Waals surface area (Å²) in [7, 11) is 0. The van der Waals surface area contributed by atoms with Crippen molar-refractivity contribution in [1.82, 2.24) is 9.78 Å². The molecule has 0 amide bonds. The molecule has 0 bridgehead atoms. The van der Waals surface area contributed by atoms with Gasteiger partial charge in [-0.05, 0) is 31.2 Å². The first-order valence-electron chi connectivity index (χ1n) is 8.75. The van der Waals surface area contributed by atoms with Crippen molar-refractivity contribution < 1.29 is 5.11 Å². The smallest absolute Gasteiger partial charge is 0.156 e. The number of rotatable bonds is 4. The lowest BCUT2D eigenvalue weighted by Crippen LogP contribution is -1.96. The number of aromatic hydroxyl groups is 1. The zero-order chi connectivity index (χ0) is 18.6. The van der Waals surface area contributed by atoms with E-state index in [1.165, 1.54) is 5.56 Å². The van der Waals surface area contributed by atoms with Crippen LogP contribution in [0.15, 0.2) is 89.9 Å². The van der Waals surface area contributed by atoms with Gasteiger partial charge in [-0.3, -0.25) is 0 Å². The molecule has 4 heteroatoms. The van der Waals surface area contributed by atoms with Crippen molar-refractivity contribution in [2.45, 2.75) is 6.92 Å². The molecule has 1 heterocycles. The Hall–Kier alpha value is -3.66. The van der Waals surface area contributed by atoms with Gasteiger partial charge in [0.1, 0.15) is 5.75 Å². The van der Waals surface area contributed by atoms with E-state index >= 15 is 0 Å². The van der Waals surface area contributed by atoms with Gasteiger partial charge in [-0.2, -0.15) is 5.10 Å². The zero-order valence-electron chi connectivity index (χ0n) is 14.9. The number of hydrogen-bond donors (Lipinski definition) is 1. The number of aliphatic imine (C=N–C) groups is 1. The fourth-order valence-electron chi connectivity index (χ4n) is 2.82. The Kier molecular flexibility index (Phi) is 4.54. The Labute approximate surface area is 158 Å². The van der Waals surface area contributed by atoms with Gasteiger partial charge in [-0.1, -0.05) is 60.2 Å². The fraction of sp³-hybridized carbons (Fsp3) is 0.0435. The lowest BCUT2D eigenvalue weighted by Gasteiger charge is -2.03. The standard InChI is InChI=1S/C23H19N3O/c1-17-11-13-18(14-12-17)21-15-23(24-16-19-7-5-6-10-22(19)27)26(25-21)20-8-3-2-4-9-20/h2-16,27H,1H3. The largest absolute Gasteiger partial charge is 0.507 e. The number of hydrogen-bond acceptors (Lipinski definition) is 3. The lowest BCUT2D eigenvalue weighted by atomic mass is 10.1. The van der Waals surface area contributed by atoms with Crippen molar-refractivity contribution in [2.75, 3.05) is 0 Å². The van der Waals surface area contributed by atoms with Crippen molar-refractivity contribution in [3.63, 3.8) is 0 Å². The minimum atomic E-state index is 0.200. The molecule has 4 rings (SSSR count). The van der Waals surface area contributed by atoms with Crippen molar-refractivity contribution in [3.05, 3.63) is 96.1 Å². The lowest BCUT2D eigenvalue weighted by molar-refractivity contribution is 0.474. The summed E-state index contributed by atoms with van der Waals surface area (Å²) in [6, 6.07) is 27.2. The summed E-state index contributed by atoms with van der Waals surface area (Å²) < 4.78 is 1.81. The van der Waals surface area contributed by atoms with Gasteiger partial charge in [-0.15, -0.1) is 0 Å². The van der Waals surface area contributed by atoms with E-state index in [4.69, 9.17) is 5.10 Å². The van der Waals surface area contributed by atoms with Crippen molar-refractivity contribution >= 4 is 12.0 Å². The van der Waals surface area contributed by atoms with Gasteiger partial charge < -0.3 is 5.11 Å². The number of benzene rings is 3. The number of para-hydroxylation sites is 2. The molecule has 0 unspecified atom stereocenters. The van der Waals surface area contributed by atoms with Crippen LogP contribution in [0.1, 0.15) is 11.1 Å². The molecule has 0 aliphatic rings. The SMILES string of the molecule is Cc1ccc(-c2cc(N=Cc3ccccc3O)n(-c3ccccc3)n2)cc1. The maximum Gasteiger partial charge on any atom is 0.156 e. The Balaban J connectivity index is 1.79. The molecule has 0 saturated carbocycles. The van der Waals surface area contributed by atoms with Crippen molar-refractivity contribution in [2.24, 2.45) is 4.99 Å². The first-order valence-corrected chi connectivity index (χ1v) is 8.75. The number of phenolic OH excluding ortho intramolecular Hbond substituents is 1. The van der Waals surface area contributed by atoms with E-state index in [1.807, 2.05) is 53.2 Å². The highest BCUT2D eigenvalue weighted by Gasteiger charge is 2.10. The van der Waals surface area contributed by atoms with E-state index in [1.54, 1.807) is 18.3 Å². The minimum Gasteiger partial charge on any atom is -0.507 e. The fourth-order valence-corrected chi connectivity index (χ4v) is 2.82. The van der Waals surface area contributed by atoms with E-state index in [9.17, 15) is 5.11 Å². The maximum atomic E-state index is 9.97. The first kappa shape index (κ1) is 16.8. The van der Waals surface area contributed by atoms with Gasteiger partial charge in [0.25, 0.3) is 0 Å². The third-order valence-electron chi connectivity index (χ3n) is 4.31. The molecule has 0 spiro atoms. The number of nitrogens with zero attached hydrogens (tertiary/aromatic N) is 3. The predicted octanol–water partition coefficient (Wildman–Crippen LogP) is 5.30. The predicted molar refractivity (Wildman–Crippen MR) is 109 cm³/mol. The molecule has 27 heavy (non-hydrogen) atoms. The van der Waals surface area contributed by atoms with Crippen LogP contribution in [-0.2, 0) is 0 Å². The summed E-state index contributed by atoms with van der Waals surface area (Å²) in [5, 5.41) is 14.7. The molecule has 0 atom stereocenters. The van der Waals surface area contributed by atoms with Crippen LogP contribution in [0.4, 0.5) is 5.82 Å². The van der Waals surface area contributed by atoms with Gasteiger partial charge in [0.05, 0.1) is 11.4 Å². The highest BCUT2D eigenvalue weighted by molar-refractivity contribution is 5.85. The Bertz CT molecular complexity index is 1080. The highest BCUT2D eigenvalue weighted by Crippen LogP contribution is 2.27. The molecule has 4 nitrogen and oxygen atoms in total. The van der Waals surface area contributed by atoms with Gasteiger partial charge in [0, 0.05) is 23.4 Å². The molecule has 3 aromatic carbocycles. The van der Waals surface area contributed by atoms with E-state index in [0.29, 0.717) is 11.4 Å². The summed E-state index contributed by atoms with van der Waals surface area (Å²) >= 11 is 0. The second-order valence-electron chi connectivity index (χ2n) is 6.32. The average Bonchev–Trinajstić information content (AvgIpc) is 3.13. The molecule has 1 N–H and O–H groups in total. The molecule has 4 aromatic rings.